The quantitative estimate of drug-likeness (QED) is 0.387. The van der Waals surface area contributed by atoms with Gasteiger partial charge in [0, 0.05) is 18.2 Å². The van der Waals surface area contributed by atoms with Gasteiger partial charge in [0.1, 0.15) is 23.9 Å². The van der Waals surface area contributed by atoms with Gasteiger partial charge in [-0.15, -0.1) is 0 Å². The second-order valence-electron chi connectivity index (χ2n) is 7.04. The summed E-state index contributed by atoms with van der Waals surface area (Å²) < 4.78 is 27.6. The average Bonchev–Trinajstić information content (AvgIpc) is 2.85. The fraction of sp³-hybridized carbons (Fsp3) is 0.308. The van der Waals surface area contributed by atoms with Crippen LogP contribution in [0.1, 0.15) is 6.42 Å². The molecule has 0 fully saturated rings. The summed E-state index contributed by atoms with van der Waals surface area (Å²) in [4.78, 5) is 0. The van der Waals surface area contributed by atoms with Crippen LogP contribution in [0, 0.1) is 0 Å². The lowest BCUT2D eigenvalue weighted by Gasteiger charge is -2.12. The van der Waals surface area contributed by atoms with Crippen LogP contribution < -0.4 is 29.0 Å². The molecule has 0 saturated carbocycles. The monoisotopic (exact) mass is 437 g/mol. The fourth-order valence-electron chi connectivity index (χ4n) is 3.25. The molecule has 6 nitrogen and oxygen atoms in total. The molecule has 0 bridgehead atoms. The SMILES string of the molecule is COc1ccc(-c2ccc(OCCCNCCOc3ccccc3OC)cc2)c(OC)c1. The Kier molecular flexibility index (Phi) is 9.07. The summed E-state index contributed by atoms with van der Waals surface area (Å²) >= 11 is 0. The summed E-state index contributed by atoms with van der Waals surface area (Å²) in [7, 11) is 4.95. The first-order valence-corrected chi connectivity index (χ1v) is 10.7. The van der Waals surface area contributed by atoms with Crippen molar-refractivity contribution >= 4 is 0 Å². The summed E-state index contributed by atoms with van der Waals surface area (Å²) in [6, 6.07) is 21.5. The van der Waals surface area contributed by atoms with Crippen LogP contribution in [-0.4, -0.2) is 47.6 Å². The molecule has 0 aliphatic rings. The third kappa shape index (κ3) is 6.56. The Labute approximate surface area is 190 Å². The number of rotatable bonds is 13. The van der Waals surface area contributed by atoms with Gasteiger partial charge in [-0.25, -0.2) is 0 Å². The maximum Gasteiger partial charge on any atom is 0.161 e. The zero-order valence-electron chi connectivity index (χ0n) is 18.9. The smallest absolute Gasteiger partial charge is 0.161 e. The molecule has 3 aromatic rings. The van der Waals surface area contributed by atoms with Crippen LogP contribution in [-0.2, 0) is 0 Å². The summed E-state index contributed by atoms with van der Waals surface area (Å²) in [5.41, 5.74) is 2.08. The van der Waals surface area contributed by atoms with Crippen LogP contribution in [0.2, 0.25) is 0 Å². The standard InChI is InChI=1S/C26H31NO5/c1-28-22-13-14-23(26(19-22)30-3)20-9-11-21(12-10-20)31-17-6-15-27-16-18-32-25-8-5-4-7-24(25)29-2/h4-5,7-14,19,27H,6,15-18H2,1-3H3. The van der Waals surface area contributed by atoms with Gasteiger partial charge in [0.2, 0.25) is 0 Å². The Morgan fingerprint density at radius 1 is 0.625 bits per heavy atom. The molecule has 6 heteroatoms. The number of hydrogen-bond acceptors (Lipinski definition) is 6. The van der Waals surface area contributed by atoms with Crippen molar-refractivity contribution < 1.29 is 23.7 Å². The highest BCUT2D eigenvalue weighted by atomic mass is 16.5. The molecule has 1 N–H and O–H groups in total. The number of benzene rings is 3. The molecule has 0 radical (unpaired) electrons. The van der Waals surface area contributed by atoms with Gasteiger partial charge in [0.25, 0.3) is 0 Å². The molecule has 3 rings (SSSR count). The normalized spacial score (nSPS) is 10.5. The number of methoxy groups -OCH3 is 3. The van der Waals surface area contributed by atoms with Crippen LogP contribution in [0.5, 0.6) is 28.7 Å². The number of hydrogen-bond donors (Lipinski definition) is 1. The van der Waals surface area contributed by atoms with E-state index in [0.29, 0.717) is 13.2 Å². The van der Waals surface area contributed by atoms with Crippen molar-refractivity contribution in [3.8, 4) is 39.9 Å². The van der Waals surface area contributed by atoms with Crippen LogP contribution in [0.4, 0.5) is 0 Å². The lowest BCUT2D eigenvalue weighted by molar-refractivity contribution is 0.284. The van der Waals surface area contributed by atoms with E-state index in [4.69, 9.17) is 23.7 Å². The van der Waals surface area contributed by atoms with E-state index in [-0.39, 0.29) is 0 Å². The minimum atomic E-state index is 0.581. The lowest BCUT2D eigenvalue weighted by Crippen LogP contribution is -2.23. The molecular weight excluding hydrogens is 406 g/mol. The van der Waals surface area contributed by atoms with Gasteiger partial charge in [-0.05, 0) is 54.9 Å². The summed E-state index contributed by atoms with van der Waals surface area (Å²) in [6.07, 6.45) is 0.905. The minimum absolute atomic E-state index is 0.581. The van der Waals surface area contributed by atoms with Crippen LogP contribution in [0.25, 0.3) is 11.1 Å². The van der Waals surface area contributed by atoms with Gasteiger partial charge in [-0.2, -0.15) is 0 Å². The topological polar surface area (TPSA) is 58.2 Å². The zero-order chi connectivity index (χ0) is 22.6. The Balaban J connectivity index is 1.35. The number of nitrogens with one attached hydrogen (secondary N) is 1. The molecule has 0 unspecified atom stereocenters. The Morgan fingerprint density at radius 2 is 1.34 bits per heavy atom. The molecule has 32 heavy (non-hydrogen) atoms. The first kappa shape index (κ1) is 23.3. The maximum absolute atomic E-state index is 5.86. The Morgan fingerprint density at radius 3 is 2.06 bits per heavy atom. The third-order valence-electron chi connectivity index (χ3n) is 4.95. The van der Waals surface area contributed by atoms with E-state index in [1.165, 1.54) is 0 Å². The third-order valence-corrected chi connectivity index (χ3v) is 4.95. The summed E-state index contributed by atoms with van der Waals surface area (Å²) in [5, 5.41) is 3.36. The molecule has 0 saturated heterocycles. The number of para-hydroxylation sites is 2. The van der Waals surface area contributed by atoms with Gasteiger partial charge in [-0.3, -0.25) is 0 Å². The van der Waals surface area contributed by atoms with E-state index in [9.17, 15) is 0 Å². The van der Waals surface area contributed by atoms with Gasteiger partial charge in [0.15, 0.2) is 11.5 Å². The molecule has 0 atom stereocenters. The summed E-state index contributed by atoms with van der Waals surface area (Å²) in [5.74, 6) is 3.90. The van der Waals surface area contributed by atoms with Gasteiger partial charge in [-0.1, -0.05) is 24.3 Å². The van der Waals surface area contributed by atoms with Crippen molar-refractivity contribution in [3.63, 3.8) is 0 Å². The van der Waals surface area contributed by atoms with E-state index < -0.39 is 0 Å². The van der Waals surface area contributed by atoms with Crippen molar-refractivity contribution in [1.29, 1.82) is 0 Å². The molecule has 0 aromatic heterocycles. The van der Waals surface area contributed by atoms with Gasteiger partial charge >= 0.3 is 0 Å². The van der Waals surface area contributed by atoms with E-state index in [1.54, 1.807) is 21.3 Å². The zero-order valence-corrected chi connectivity index (χ0v) is 18.9. The molecule has 3 aromatic carbocycles. The van der Waals surface area contributed by atoms with Crippen molar-refractivity contribution in [1.82, 2.24) is 5.32 Å². The second kappa shape index (κ2) is 12.5. The van der Waals surface area contributed by atoms with Gasteiger partial charge < -0.3 is 29.0 Å². The molecule has 0 amide bonds. The molecule has 0 aliphatic carbocycles. The van der Waals surface area contributed by atoms with E-state index in [0.717, 1.165) is 59.4 Å². The van der Waals surface area contributed by atoms with Crippen molar-refractivity contribution in [3.05, 3.63) is 66.7 Å². The highest BCUT2D eigenvalue weighted by Gasteiger charge is 2.08. The second-order valence-corrected chi connectivity index (χ2v) is 7.04. The fourth-order valence-corrected chi connectivity index (χ4v) is 3.25. The Hall–Kier alpha value is -3.38. The number of ether oxygens (including phenoxy) is 5. The largest absolute Gasteiger partial charge is 0.497 e. The van der Waals surface area contributed by atoms with Crippen molar-refractivity contribution in [2.24, 2.45) is 0 Å². The molecule has 0 spiro atoms. The predicted octanol–water partition coefficient (Wildman–Crippen LogP) is 4.82. The molecular formula is C26H31NO5. The lowest BCUT2D eigenvalue weighted by atomic mass is 10.0. The van der Waals surface area contributed by atoms with Crippen molar-refractivity contribution in [2.45, 2.75) is 6.42 Å². The minimum Gasteiger partial charge on any atom is -0.497 e. The van der Waals surface area contributed by atoms with E-state index in [2.05, 4.69) is 5.32 Å². The van der Waals surface area contributed by atoms with Gasteiger partial charge in [0.05, 0.1) is 27.9 Å². The average molecular weight is 438 g/mol. The van der Waals surface area contributed by atoms with Crippen molar-refractivity contribution in [2.75, 3.05) is 47.6 Å². The summed E-state index contributed by atoms with van der Waals surface area (Å²) in [6.45, 7) is 2.84. The first-order valence-electron chi connectivity index (χ1n) is 10.7. The maximum atomic E-state index is 5.86. The van der Waals surface area contributed by atoms with Crippen LogP contribution in [0.3, 0.4) is 0 Å². The predicted molar refractivity (Wildman–Crippen MR) is 126 cm³/mol. The van der Waals surface area contributed by atoms with E-state index in [1.807, 2.05) is 66.7 Å². The molecule has 0 heterocycles. The highest BCUT2D eigenvalue weighted by Crippen LogP contribution is 2.34. The Bertz CT molecular complexity index is 959. The highest BCUT2D eigenvalue weighted by molar-refractivity contribution is 5.72. The molecule has 0 aliphatic heterocycles. The van der Waals surface area contributed by atoms with E-state index >= 15 is 0 Å². The molecule has 170 valence electrons. The first-order chi connectivity index (χ1) is 15.7. The van der Waals surface area contributed by atoms with Crippen LogP contribution >= 0.6 is 0 Å². The van der Waals surface area contributed by atoms with Crippen LogP contribution in [0.15, 0.2) is 66.7 Å².